The van der Waals surface area contributed by atoms with E-state index in [-0.39, 0.29) is 36.5 Å². The summed E-state index contributed by atoms with van der Waals surface area (Å²) >= 11 is 0. The van der Waals surface area contributed by atoms with Gasteiger partial charge in [0.15, 0.2) is 0 Å². The Balaban J connectivity index is 1.55. The topological polar surface area (TPSA) is 88.5 Å². The number of hydrogen-bond donors (Lipinski definition) is 2. The molecular formula is C22H30FN5O3. The van der Waals surface area contributed by atoms with Crippen molar-refractivity contribution in [2.45, 2.75) is 58.9 Å². The van der Waals surface area contributed by atoms with Crippen LogP contribution in [0.25, 0.3) is 0 Å². The van der Waals surface area contributed by atoms with Crippen LogP contribution in [0.15, 0.2) is 30.6 Å². The lowest BCUT2D eigenvalue weighted by molar-refractivity contribution is -0.144. The quantitative estimate of drug-likeness (QED) is 0.735. The Morgan fingerprint density at radius 2 is 2.00 bits per heavy atom. The van der Waals surface area contributed by atoms with Gasteiger partial charge >= 0.3 is 6.03 Å². The fourth-order valence-electron chi connectivity index (χ4n) is 3.71. The first-order chi connectivity index (χ1) is 14.7. The highest BCUT2D eigenvalue weighted by molar-refractivity contribution is 5.89. The number of carbonyl (C=O) groups excluding carboxylic acids is 2. The minimum atomic E-state index is -0.422. The molecule has 8 nitrogen and oxygen atoms in total. The number of benzene rings is 1. The molecule has 0 saturated carbocycles. The van der Waals surface area contributed by atoms with Crippen molar-refractivity contribution in [3.05, 3.63) is 47.5 Å². The second-order valence-corrected chi connectivity index (χ2v) is 8.05. The summed E-state index contributed by atoms with van der Waals surface area (Å²) in [5.41, 5.74) is 1.74. The first-order valence-corrected chi connectivity index (χ1v) is 10.5. The number of rotatable bonds is 6. The SMILES string of the molecule is CCC(NC(=O)Nc1cnn(CC(=O)N2CC(C)OC(C)C2)c1)c1ccc(C)c(F)c1. The van der Waals surface area contributed by atoms with Gasteiger partial charge in [-0.15, -0.1) is 0 Å². The zero-order chi connectivity index (χ0) is 22.5. The maximum Gasteiger partial charge on any atom is 0.319 e. The molecule has 3 amide bonds. The highest BCUT2D eigenvalue weighted by Crippen LogP contribution is 2.20. The summed E-state index contributed by atoms with van der Waals surface area (Å²) < 4.78 is 21.0. The summed E-state index contributed by atoms with van der Waals surface area (Å²) in [4.78, 5) is 26.7. The van der Waals surface area contributed by atoms with Gasteiger partial charge in [0, 0.05) is 19.3 Å². The molecular weight excluding hydrogens is 401 g/mol. The largest absolute Gasteiger partial charge is 0.372 e. The molecule has 1 aliphatic heterocycles. The number of amides is 3. The van der Waals surface area contributed by atoms with Crippen molar-refractivity contribution in [2.24, 2.45) is 0 Å². The molecule has 3 atom stereocenters. The molecule has 31 heavy (non-hydrogen) atoms. The first-order valence-electron chi connectivity index (χ1n) is 10.5. The normalized spacial score (nSPS) is 19.7. The number of nitrogens with one attached hydrogen (secondary N) is 2. The summed E-state index contributed by atoms with van der Waals surface area (Å²) in [5, 5.41) is 9.73. The van der Waals surface area contributed by atoms with E-state index in [4.69, 9.17) is 4.74 Å². The average Bonchev–Trinajstić information content (AvgIpc) is 3.14. The predicted molar refractivity (Wildman–Crippen MR) is 115 cm³/mol. The number of morpholine rings is 1. The van der Waals surface area contributed by atoms with Gasteiger partial charge in [0.25, 0.3) is 0 Å². The van der Waals surface area contributed by atoms with E-state index in [2.05, 4.69) is 15.7 Å². The zero-order valence-electron chi connectivity index (χ0n) is 18.4. The van der Waals surface area contributed by atoms with E-state index in [0.717, 1.165) is 0 Å². The fourth-order valence-corrected chi connectivity index (χ4v) is 3.71. The van der Waals surface area contributed by atoms with E-state index < -0.39 is 6.03 Å². The molecule has 3 unspecified atom stereocenters. The summed E-state index contributed by atoms with van der Waals surface area (Å²) in [5.74, 6) is -0.346. The molecule has 1 saturated heterocycles. The van der Waals surface area contributed by atoms with E-state index in [1.807, 2.05) is 26.8 Å². The van der Waals surface area contributed by atoms with Crippen LogP contribution in [0.1, 0.15) is 44.4 Å². The highest BCUT2D eigenvalue weighted by atomic mass is 19.1. The third kappa shape index (κ3) is 6.04. The number of hydrogen-bond acceptors (Lipinski definition) is 4. The van der Waals surface area contributed by atoms with Crippen LogP contribution in [0.4, 0.5) is 14.9 Å². The Morgan fingerprint density at radius 1 is 1.29 bits per heavy atom. The third-order valence-electron chi connectivity index (χ3n) is 5.27. The molecule has 0 bridgehead atoms. The summed E-state index contributed by atoms with van der Waals surface area (Å²) in [6.07, 6.45) is 3.71. The van der Waals surface area contributed by atoms with Gasteiger partial charge < -0.3 is 20.3 Å². The zero-order valence-corrected chi connectivity index (χ0v) is 18.4. The van der Waals surface area contributed by atoms with E-state index in [9.17, 15) is 14.0 Å². The Bertz CT molecular complexity index is 922. The number of nitrogens with zero attached hydrogens (tertiary/aromatic N) is 3. The molecule has 1 fully saturated rings. The first kappa shape index (κ1) is 22.7. The molecule has 0 spiro atoms. The van der Waals surface area contributed by atoms with Gasteiger partial charge in [-0.05, 0) is 44.4 Å². The molecule has 2 aromatic rings. The molecule has 1 aromatic carbocycles. The third-order valence-corrected chi connectivity index (χ3v) is 5.27. The van der Waals surface area contributed by atoms with Gasteiger partial charge in [0.1, 0.15) is 12.4 Å². The lowest BCUT2D eigenvalue weighted by atomic mass is 10.0. The monoisotopic (exact) mass is 431 g/mol. The molecule has 0 aliphatic carbocycles. The van der Waals surface area contributed by atoms with E-state index >= 15 is 0 Å². The number of aryl methyl sites for hydroxylation is 1. The van der Waals surface area contributed by atoms with Crippen molar-refractivity contribution in [2.75, 3.05) is 18.4 Å². The molecule has 9 heteroatoms. The van der Waals surface area contributed by atoms with Crippen LogP contribution < -0.4 is 10.6 Å². The van der Waals surface area contributed by atoms with Crippen LogP contribution >= 0.6 is 0 Å². The summed E-state index contributed by atoms with van der Waals surface area (Å²) in [7, 11) is 0. The van der Waals surface area contributed by atoms with E-state index in [0.29, 0.717) is 36.3 Å². The molecule has 2 N–H and O–H groups in total. The lowest BCUT2D eigenvalue weighted by Crippen LogP contribution is -2.49. The number of aromatic nitrogens is 2. The minimum Gasteiger partial charge on any atom is -0.372 e. The van der Waals surface area contributed by atoms with Crippen LogP contribution in [-0.4, -0.2) is 51.9 Å². The molecule has 2 heterocycles. The minimum absolute atomic E-state index is 0.000221. The number of anilines is 1. The second-order valence-electron chi connectivity index (χ2n) is 8.05. The van der Waals surface area contributed by atoms with Crippen LogP contribution in [0.2, 0.25) is 0 Å². The second kappa shape index (κ2) is 9.91. The van der Waals surface area contributed by atoms with Gasteiger partial charge in [0.2, 0.25) is 5.91 Å². The number of halogens is 1. The van der Waals surface area contributed by atoms with Gasteiger partial charge in [-0.25, -0.2) is 9.18 Å². The number of urea groups is 1. The van der Waals surface area contributed by atoms with Crippen LogP contribution in [0, 0.1) is 12.7 Å². The van der Waals surface area contributed by atoms with Gasteiger partial charge in [-0.1, -0.05) is 19.1 Å². The standard InChI is InChI=1S/C22H30FN5O3/c1-5-20(17-7-6-14(2)19(23)8-17)26-22(30)25-18-9-24-28(12-18)13-21(29)27-10-15(3)31-16(4)11-27/h6-9,12,15-16,20H,5,10-11,13H2,1-4H3,(H2,25,26,30). The van der Waals surface area contributed by atoms with Crippen molar-refractivity contribution in [3.8, 4) is 0 Å². The van der Waals surface area contributed by atoms with E-state index in [1.54, 1.807) is 24.1 Å². The lowest BCUT2D eigenvalue weighted by Gasteiger charge is -2.35. The van der Waals surface area contributed by atoms with Crippen molar-refractivity contribution in [3.63, 3.8) is 0 Å². The van der Waals surface area contributed by atoms with Crippen molar-refractivity contribution in [1.29, 1.82) is 0 Å². The highest BCUT2D eigenvalue weighted by Gasteiger charge is 2.26. The Labute approximate surface area is 181 Å². The average molecular weight is 432 g/mol. The fraction of sp³-hybridized carbons (Fsp3) is 0.500. The maximum atomic E-state index is 13.9. The number of ether oxygens (including phenoxy) is 1. The maximum absolute atomic E-state index is 13.9. The Hall–Kier alpha value is -2.94. The van der Waals surface area contributed by atoms with Gasteiger partial charge in [-0.3, -0.25) is 9.48 Å². The van der Waals surface area contributed by atoms with Gasteiger partial charge in [0.05, 0.1) is 30.1 Å². The summed E-state index contributed by atoms with van der Waals surface area (Å²) in [6, 6.07) is 4.21. The Kier molecular flexibility index (Phi) is 7.27. The molecule has 1 aromatic heterocycles. The van der Waals surface area contributed by atoms with Crippen LogP contribution in [-0.2, 0) is 16.1 Å². The summed E-state index contributed by atoms with van der Waals surface area (Å²) in [6.45, 7) is 8.69. The smallest absolute Gasteiger partial charge is 0.319 e. The Morgan fingerprint density at radius 3 is 2.65 bits per heavy atom. The van der Waals surface area contributed by atoms with Crippen molar-refractivity contribution in [1.82, 2.24) is 20.0 Å². The van der Waals surface area contributed by atoms with Crippen LogP contribution in [0.3, 0.4) is 0 Å². The van der Waals surface area contributed by atoms with Crippen molar-refractivity contribution < 1.29 is 18.7 Å². The van der Waals surface area contributed by atoms with Crippen LogP contribution in [0.5, 0.6) is 0 Å². The molecule has 0 radical (unpaired) electrons. The molecule has 168 valence electrons. The molecule has 3 rings (SSSR count). The van der Waals surface area contributed by atoms with E-state index in [1.165, 1.54) is 16.9 Å². The van der Waals surface area contributed by atoms with Crippen molar-refractivity contribution >= 4 is 17.6 Å². The van der Waals surface area contributed by atoms with Gasteiger partial charge in [-0.2, -0.15) is 5.10 Å². The predicted octanol–water partition coefficient (Wildman–Crippen LogP) is 3.24. The number of carbonyl (C=O) groups is 2. The molecule has 1 aliphatic rings.